The Morgan fingerprint density at radius 2 is 2.24 bits per heavy atom. The number of nitrogens with two attached hydrogens (primary N) is 1. The van der Waals surface area contributed by atoms with Crippen molar-refractivity contribution in [2.75, 3.05) is 13.6 Å². The molecule has 0 bridgehead atoms. The molecule has 2 aliphatic rings. The Bertz CT molecular complexity index is 319. The van der Waals surface area contributed by atoms with Crippen LogP contribution in [0, 0.1) is 5.92 Å². The molecule has 1 saturated carbocycles. The van der Waals surface area contributed by atoms with Crippen molar-refractivity contribution in [1.82, 2.24) is 10.2 Å². The molecular formula is C12H21N3O2. The summed E-state index contributed by atoms with van der Waals surface area (Å²) in [6.07, 6.45) is 4.35. The molecule has 5 nitrogen and oxygen atoms in total. The molecule has 2 amide bonds. The number of hydrogen-bond donors (Lipinski definition) is 2. The second-order valence-corrected chi connectivity index (χ2v) is 5.23. The third kappa shape index (κ3) is 2.77. The van der Waals surface area contributed by atoms with Crippen LogP contribution in [0.1, 0.15) is 32.1 Å². The Hall–Kier alpha value is -1.10. The molecule has 2 fully saturated rings. The predicted octanol–water partition coefficient (Wildman–Crippen LogP) is -0.149. The number of carbonyl (C=O) groups excluding carboxylic acids is 2. The molecule has 1 aliphatic heterocycles. The maximum atomic E-state index is 11.8. The summed E-state index contributed by atoms with van der Waals surface area (Å²) in [6.45, 7) is 0.729. The first kappa shape index (κ1) is 12.4. The lowest BCUT2D eigenvalue weighted by atomic mass is 9.99. The van der Waals surface area contributed by atoms with Crippen molar-refractivity contribution in [3.63, 3.8) is 0 Å². The van der Waals surface area contributed by atoms with Gasteiger partial charge in [0.25, 0.3) is 0 Å². The average molecular weight is 239 g/mol. The molecule has 1 unspecified atom stereocenters. The van der Waals surface area contributed by atoms with Crippen LogP contribution in [0.15, 0.2) is 0 Å². The number of nitrogens with zero attached hydrogens (tertiary/aromatic N) is 1. The third-order valence-electron chi connectivity index (χ3n) is 3.93. The highest BCUT2D eigenvalue weighted by atomic mass is 16.2. The molecule has 96 valence electrons. The molecule has 0 radical (unpaired) electrons. The van der Waals surface area contributed by atoms with Crippen molar-refractivity contribution in [3.8, 4) is 0 Å². The lowest BCUT2D eigenvalue weighted by molar-refractivity contribution is -0.132. The first-order valence-electron chi connectivity index (χ1n) is 6.38. The molecule has 2 rings (SSSR count). The lowest BCUT2D eigenvalue weighted by Gasteiger charge is -2.17. The van der Waals surface area contributed by atoms with Gasteiger partial charge in [-0.1, -0.05) is 6.42 Å². The first-order chi connectivity index (χ1) is 8.08. The van der Waals surface area contributed by atoms with E-state index in [0.717, 1.165) is 32.2 Å². The van der Waals surface area contributed by atoms with E-state index in [0.29, 0.717) is 12.3 Å². The summed E-state index contributed by atoms with van der Waals surface area (Å²) in [5.41, 5.74) is 5.93. The summed E-state index contributed by atoms with van der Waals surface area (Å²) < 4.78 is 0. The molecule has 0 aromatic heterocycles. The Morgan fingerprint density at radius 3 is 2.76 bits per heavy atom. The molecule has 1 heterocycles. The summed E-state index contributed by atoms with van der Waals surface area (Å²) >= 11 is 0. The van der Waals surface area contributed by atoms with Gasteiger partial charge in [0.15, 0.2) is 0 Å². The Labute approximate surface area is 102 Å². The average Bonchev–Trinajstić information content (AvgIpc) is 2.80. The first-order valence-corrected chi connectivity index (χ1v) is 6.38. The minimum atomic E-state index is -0.315. The van der Waals surface area contributed by atoms with Gasteiger partial charge in [-0.05, 0) is 25.2 Å². The normalized spacial score (nSPS) is 33.2. The van der Waals surface area contributed by atoms with E-state index in [1.165, 1.54) is 0 Å². The highest BCUT2D eigenvalue weighted by Gasteiger charge is 2.32. The van der Waals surface area contributed by atoms with Gasteiger partial charge in [0.05, 0.1) is 0 Å². The van der Waals surface area contributed by atoms with Gasteiger partial charge >= 0.3 is 0 Å². The zero-order valence-electron chi connectivity index (χ0n) is 10.3. The summed E-state index contributed by atoms with van der Waals surface area (Å²) in [6, 6.07) is -0.159. The predicted molar refractivity (Wildman–Crippen MR) is 64.1 cm³/mol. The van der Waals surface area contributed by atoms with Crippen LogP contribution < -0.4 is 11.1 Å². The smallest absolute Gasteiger partial charge is 0.244 e. The summed E-state index contributed by atoms with van der Waals surface area (Å²) in [5, 5.41) is 2.82. The van der Waals surface area contributed by atoms with Crippen molar-refractivity contribution < 1.29 is 9.59 Å². The number of hydrogen-bond acceptors (Lipinski definition) is 3. The van der Waals surface area contributed by atoms with Crippen LogP contribution in [0.3, 0.4) is 0 Å². The van der Waals surface area contributed by atoms with E-state index in [4.69, 9.17) is 5.73 Å². The summed E-state index contributed by atoms with van der Waals surface area (Å²) in [5.74, 6) is 0.291. The molecule has 5 heteroatoms. The zero-order valence-corrected chi connectivity index (χ0v) is 10.3. The highest BCUT2D eigenvalue weighted by Crippen LogP contribution is 2.26. The van der Waals surface area contributed by atoms with E-state index >= 15 is 0 Å². The van der Waals surface area contributed by atoms with Gasteiger partial charge in [-0.15, -0.1) is 0 Å². The fourth-order valence-electron chi connectivity index (χ4n) is 2.77. The lowest BCUT2D eigenvalue weighted by Crippen LogP contribution is -2.42. The van der Waals surface area contributed by atoms with Gasteiger partial charge in [0, 0.05) is 26.1 Å². The molecule has 0 spiro atoms. The van der Waals surface area contributed by atoms with Gasteiger partial charge in [-0.3, -0.25) is 9.59 Å². The third-order valence-corrected chi connectivity index (χ3v) is 3.93. The van der Waals surface area contributed by atoms with Crippen LogP contribution in [0.2, 0.25) is 0 Å². The maximum Gasteiger partial charge on any atom is 0.244 e. The second-order valence-electron chi connectivity index (χ2n) is 5.23. The molecule has 1 saturated heterocycles. The Balaban J connectivity index is 1.79. The fraction of sp³-hybridized carbons (Fsp3) is 0.833. The zero-order chi connectivity index (χ0) is 12.4. The summed E-state index contributed by atoms with van der Waals surface area (Å²) in [7, 11) is 1.77. The standard InChI is InChI=1S/C12H21N3O2/c1-15-6-5-10(12(15)17)14-11(16)7-8-3-2-4-9(8)13/h8-10H,2-7,13H2,1H3,(H,14,16)/t8-,9+,10?/m0/s1. The number of likely N-dealkylation sites (tertiary alicyclic amines) is 1. The van der Waals surface area contributed by atoms with E-state index in [-0.39, 0.29) is 23.9 Å². The van der Waals surface area contributed by atoms with E-state index in [2.05, 4.69) is 5.32 Å². The van der Waals surface area contributed by atoms with E-state index in [1.807, 2.05) is 0 Å². The van der Waals surface area contributed by atoms with E-state index < -0.39 is 0 Å². The number of carbonyl (C=O) groups is 2. The SMILES string of the molecule is CN1CCC(NC(=O)C[C@@H]2CCC[C@H]2N)C1=O. The van der Waals surface area contributed by atoms with Crippen LogP contribution in [-0.2, 0) is 9.59 Å². The van der Waals surface area contributed by atoms with Gasteiger partial charge < -0.3 is 16.0 Å². The van der Waals surface area contributed by atoms with Gasteiger partial charge in [-0.2, -0.15) is 0 Å². The molecule has 3 atom stereocenters. The highest BCUT2D eigenvalue weighted by molar-refractivity contribution is 5.89. The minimum Gasteiger partial charge on any atom is -0.344 e. The molecule has 17 heavy (non-hydrogen) atoms. The van der Waals surface area contributed by atoms with Crippen LogP contribution in [0.25, 0.3) is 0 Å². The molecule has 0 aromatic carbocycles. The van der Waals surface area contributed by atoms with Crippen molar-refractivity contribution in [3.05, 3.63) is 0 Å². The van der Waals surface area contributed by atoms with Gasteiger partial charge in [0.2, 0.25) is 11.8 Å². The van der Waals surface area contributed by atoms with Crippen molar-refractivity contribution in [2.45, 2.75) is 44.2 Å². The van der Waals surface area contributed by atoms with Crippen LogP contribution in [0.4, 0.5) is 0 Å². The van der Waals surface area contributed by atoms with Gasteiger partial charge in [0.1, 0.15) is 6.04 Å². The second kappa shape index (κ2) is 5.04. The van der Waals surface area contributed by atoms with Crippen molar-refractivity contribution >= 4 is 11.8 Å². The van der Waals surface area contributed by atoms with Gasteiger partial charge in [-0.25, -0.2) is 0 Å². The number of rotatable bonds is 3. The van der Waals surface area contributed by atoms with E-state index in [1.54, 1.807) is 11.9 Å². The summed E-state index contributed by atoms with van der Waals surface area (Å²) in [4.78, 5) is 25.1. The molecular weight excluding hydrogens is 218 g/mol. The topological polar surface area (TPSA) is 75.4 Å². The van der Waals surface area contributed by atoms with Crippen LogP contribution in [0.5, 0.6) is 0 Å². The number of nitrogens with one attached hydrogen (secondary N) is 1. The Kier molecular flexibility index (Phi) is 3.66. The fourth-order valence-corrected chi connectivity index (χ4v) is 2.77. The minimum absolute atomic E-state index is 0.0223. The van der Waals surface area contributed by atoms with Crippen LogP contribution in [-0.4, -0.2) is 42.4 Å². The molecule has 1 aliphatic carbocycles. The Morgan fingerprint density at radius 1 is 1.47 bits per heavy atom. The number of likely N-dealkylation sites (N-methyl/N-ethyl adjacent to an activating group) is 1. The largest absolute Gasteiger partial charge is 0.344 e. The molecule has 0 aromatic rings. The number of amides is 2. The van der Waals surface area contributed by atoms with Crippen molar-refractivity contribution in [2.24, 2.45) is 11.7 Å². The van der Waals surface area contributed by atoms with Crippen LogP contribution >= 0.6 is 0 Å². The molecule has 3 N–H and O–H groups in total. The van der Waals surface area contributed by atoms with E-state index in [9.17, 15) is 9.59 Å². The van der Waals surface area contributed by atoms with Crippen molar-refractivity contribution in [1.29, 1.82) is 0 Å². The monoisotopic (exact) mass is 239 g/mol. The quantitative estimate of drug-likeness (QED) is 0.719. The maximum absolute atomic E-state index is 11.8.